The van der Waals surface area contributed by atoms with E-state index in [4.69, 9.17) is 5.73 Å². The number of hydrogen-bond acceptors (Lipinski definition) is 1. The Morgan fingerprint density at radius 1 is 1.36 bits per heavy atom. The van der Waals surface area contributed by atoms with Gasteiger partial charge in [-0.1, -0.05) is 20.3 Å². The highest BCUT2D eigenvalue weighted by Crippen LogP contribution is 2.40. The molecular weight excluding hydrogens is 177 g/mol. The molecule has 1 aliphatic carbocycles. The van der Waals surface area contributed by atoms with Crippen LogP contribution in [0.4, 0.5) is 10.1 Å². The third kappa shape index (κ3) is 1.39. The van der Waals surface area contributed by atoms with Gasteiger partial charge in [0.25, 0.3) is 0 Å². The first-order valence-electron chi connectivity index (χ1n) is 5.11. The second-order valence-electron chi connectivity index (χ2n) is 4.66. The van der Waals surface area contributed by atoms with E-state index in [1.165, 1.54) is 5.56 Å². The van der Waals surface area contributed by atoms with Crippen molar-refractivity contribution in [1.29, 1.82) is 0 Å². The topological polar surface area (TPSA) is 26.0 Å². The van der Waals surface area contributed by atoms with Crippen molar-refractivity contribution in [2.24, 2.45) is 5.41 Å². The Hall–Kier alpha value is -1.05. The van der Waals surface area contributed by atoms with Crippen molar-refractivity contribution >= 4 is 5.69 Å². The quantitative estimate of drug-likeness (QED) is 0.682. The van der Waals surface area contributed by atoms with Crippen LogP contribution in [0.5, 0.6) is 0 Å². The number of anilines is 1. The van der Waals surface area contributed by atoms with Crippen molar-refractivity contribution in [1.82, 2.24) is 0 Å². The number of benzene rings is 1. The van der Waals surface area contributed by atoms with Crippen LogP contribution in [0.2, 0.25) is 0 Å². The average molecular weight is 193 g/mol. The van der Waals surface area contributed by atoms with Gasteiger partial charge in [-0.3, -0.25) is 0 Å². The highest BCUT2D eigenvalue weighted by Gasteiger charge is 2.31. The second-order valence-corrected chi connectivity index (χ2v) is 4.66. The van der Waals surface area contributed by atoms with Gasteiger partial charge >= 0.3 is 0 Å². The summed E-state index contributed by atoms with van der Waals surface area (Å²) in [6.45, 7) is 4.44. The van der Waals surface area contributed by atoms with E-state index in [2.05, 4.69) is 13.8 Å². The molecule has 0 spiro atoms. The third-order valence-electron chi connectivity index (χ3n) is 3.41. The fourth-order valence-electron chi connectivity index (χ4n) is 2.24. The molecule has 0 radical (unpaired) electrons. The first-order valence-corrected chi connectivity index (χ1v) is 5.11. The molecule has 2 rings (SSSR count). The lowest BCUT2D eigenvalue weighted by atomic mass is 9.85. The zero-order valence-electron chi connectivity index (χ0n) is 8.73. The Balaban J connectivity index is 2.41. The molecule has 1 nitrogen and oxygen atoms in total. The van der Waals surface area contributed by atoms with E-state index in [1.54, 1.807) is 12.1 Å². The molecule has 0 saturated carbocycles. The van der Waals surface area contributed by atoms with Crippen molar-refractivity contribution in [3.63, 3.8) is 0 Å². The lowest BCUT2D eigenvalue weighted by Crippen LogP contribution is -2.14. The molecule has 1 unspecified atom stereocenters. The molecular formula is C12H16FN. The first kappa shape index (κ1) is 9.50. The van der Waals surface area contributed by atoms with Gasteiger partial charge in [0, 0.05) is 0 Å². The van der Waals surface area contributed by atoms with Crippen LogP contribution in [0.25, 0.3) is 0 Å². The summed E-state index contributed by atoms with van der Waals surface area (Å²) in [7, 11) is 0. The van der Waals surface area contributed by atoms with Gasteiger partial charge in [0.15, 0.2) is 0 Å². The summed E-state index contributed by atoms with van der Waals surface area (Å²) in [6.07, 6.45) is 3.14. The highest BCUT2D eigenvalue weighted by molar-refractivity contribution is 5.48. The van der Waals surface area contributed by atoms with E-state index in [9.17, 15) is 4.39 Å². The molecule has 0 heterocycles. The van der Waals surface area contributed by atoms with Crippen LogP contribution in [0.15, 0.2) is 12.1 Å². The zero-order valence-corrected chi connectivity index (χ0v) is 8.73. The third-order valence-corrected chi connectivity index (χ3v) is 3.41. The lowest BCUT2D eigenvalue weighted by molar-refractivity contribution is 0.332. The van der Waals surface area contributed by atoms with Gasteiger partial charge in [0.05, 0.1) is 5.69 Å². The summed E-state index contributed by atoms with van der Waals surface area (Å²) in [4.78, 5) is 0. The van der Waals surface area contributed by atoms with Crippen molar-refractivity contribution < 1.29 is 4.39 Å². The minimum absolute atomic E-state index is 0.274. The van der Waals surface area contributed by atoms with Crippen molar-refractivity contribution in [3.8, 4) is 0 Å². The number of nitrogens with two attached hydrogens (primary N) is 1. The average Bonchev–Trinajstić information content (AvgIpc) is 2.43. The Morgan fingerprint density at radius 3 is 2.50 bits per heavy atom. The van der Waals surface area contributed by atoms with Gasteiger partial charge in [0.1, 0.15) is 5.82 Å². The smallest absolute Gasteiger partial charge is 0.146 e. The van der Waals surface area contributed by atoms with E-state index >= 15 is 0 Å². The van der Waals surface area contributed by atoms with E-state index in [0.717, 1.165) is 24.8 Å². The predicted molar refractivity (Wildman–Crippen MR) is 56.6 cm³/mol. The molecule has 1 atom stereocenters. The largest absolute Gasteiger partial charge is 0.396 e. The summed E-state index contributed by atoms with van der Waals surface area (Å²) in [5.41, 5.74) is 8.51. The summed E-state index contributed by atoms with van der Waals surface area (Å²) in [5.74, 6) is -0.274. The van der Waals surface area contributed by atoms with Crippen molar-refractivity contribution in [3.05, 3.63) is 29.1 Å². The predicted octanol–water partition coefficient (Wildman–Crippen LogP) is 2.92. The minimum Gasteiger partial charge on any atom is -0.396 e. The Bertz CT molecular complexity index is 340. The highest BCUT2D eigenvalue weighted by atomic mass is 19.1. The molecule has 0 fully saturated rings. The Labute approximate surface area is 84.1 Å². The number of nitrogen functional groups attached to an aromatic ring is 1. The summed E-state index contributed by atoms with van der Waals surface area (Å²) in [6, 6.07) is 3.40. The number of rotatable bonds is 1. The molecule has 14 heavy (non-hydrogen) atoms. The van der Waals surface area contributed by atoms with E-state index < -0.39 is 0 Å². The van der Waals surface area contributed by atoms with Crippen LogP contribution < -0.4 is 5.73 Å². The molecule has 0 aromatic heterocycles. The molecule has 2 N–H and O–H groups in total. The molecule has 0 aliphatic heterocycles. The molecule has 0 amide bonds. The SMILES string of the molecule is CCC1(C)Cc2cc(N)c(F)cc2C1. The van der Waals surface area contributed by atoms with Gasteiger partial charge < -0.3 is 5.73 Å². The zero-order chi connectivity index (χ0) is 10.3. The summed E-state index contributed by atoms with van der Waals surface area (Å²) < 4.78 is 13.2. The maximum absolute atomic E-state index is 13.2. The van der Waals surface area contributed by atoms with Crippen LogP contribution >= 0.6 is 0 Å². The Kier molecular flexibility index (Phi) is 2.02. The molecule has 1 aromatic carbocycles. The fourth-order valence-corrected chi connectivity index (χ4v) is 2.24. The van der Waals surface area contributed by atoms with Gasteiger partial charge in [0.2, 0.25) is 0 Å². The van der Waals surface area contributed by atoms with Gasteiger partial charge in [-0.25, -0.2) is 4.39 Å². The first-order chi connectivity index (χ1) is 6.54. The second kappa shape index (κ2) is 2.97. The van der Waals surface area contributed by atoms with Crippen LogP contribution in [0.1, 0.15) is 31.4 Å². The van der Waals surface area contributed by atoms with Crippen LogP contribution in [0.3, 0.4) is 0 Å². The number of halogens is 1. The normalized spacial score (nSPS) is 25.1. The van der Waals surface area contributed by atoms with Crippen molar-refractivity contribution in [2.75, 3.05) is 5.73 Å². The molecule has 0 saturated heterocycles. The molecule has 76 valence electrons. The molecule has 0 bridgehead atoms. The molecule has 1 aliphatic rings. The van der Waals surface area contributed by atoms with Gasteiger partial charge in [-0.15, -0.1) is 0 Å². The lowest BCUT2D eigenvalue weighted by Gasteiger charge is -2.20. The van der Waals surface area contributed by atoms with Gasteiger partial charge in [-0.2, -0.15) is 0 Å². The van der Waals surface area contributed by atoms with Crippen LogP contribution in [-0.2, 0) is 12.8 Å². The monoisotopic (exact) mass is 193 g/mol. The van der Waals surface area contributed by atoms with Gasteiger partial charge in [-0.05, 0) is 41.5 Å². The molecule has 1 aromatic rings. The maximum atomic E-state index is 13.2. The maximum Gasteiger partial charge on any atom is 0.146 e. The van der Waals surface area contributed by atoms with Crippen LogP contribution in [0, 0.1) is 11.2 Å². The Morgan fingerprint density at radius 2 is 1.93 bits per heavy atom. The van der Waals surface area contributed by atoms with E-state index in [1.807, 2.05) is 0 Å². The summed E-state index contributed by atoms with van der Waals surface area (Å²) >= 11 is 0. The number of fused-ring (bicyclic) bond motifs is 1. The fraction of sp³-hybridized carbons (Fsp3) is 0.500. The van der Waals surface area contributed by atoms with E-state index in [0.29, 0.717) is 5.41 Å². The van der Waals surface area contributed by atoms with Crippen LogP contribution in [-0.4, -0.2) is 0 Å². The molecule has 2 heteroatoms. The summed E-state index contributed by atoms with van der Waals surface area (Å²) in [5, 5.41) is 0. The van der Waals surface area contributed by atoms with Crippen molar-refractivity contribution in [2.45, 2.75) is 33.1 Å². The number of hydrogen-bond donors (Lipinski definition) is 1. The minimum atomic E-state index is -0.274. The standard InChI is InChI=1S/C12H16FN/c1-3-12(2)6-8-4-10(13)11(14)5-9(8)7-12/h4-5H,3,6-7,14H2,1-2H3. The van der Waals surface area contributed by atoms with E-state index in [-0.39, 0.29) is 11.5 Å².